The Labute approximate surface area is 122 Å². The Morgan fingerprint density at radius 2 is 1.70 bits per heavy atom. The van der Waals surface area contributed by atoms with Crippen molar-refractivity contribution in [2.45, 2.75) is 6.92 Å². The molecule has 0 radical (unpaired) electrons. The van der Waals surface area contributed by atoms with E-state index >= 15 is 0 Å². The van der Waals surface area contributed by atoms with E-state index in [-0.39, 0.29) is 0 Å². The third-order valence-corrected chi connectivity index (χ3v) is 3.66. The number of hydrogen-bond donors (Lipinski definition) is 2. The minimum absolute atomic E-state index is 0.671. The van der Waals surface area contributed by atoms with Crippen molar-refractivity contribution < 1.29 is 5.21 Å². The zero-order valence-electron chi connectivity index (χ0n) is 11.0. The average molecular weight is 284 g/mol. The van der Waals surface area contributed by atoms with Gasteiger partial charge in [-0.15, -0.1) is 0 Å². The molecule has 0 aliphatic carbocycles. The van der Waals surface area contributed by atoms with Crippen LogP contribution >= 0.6 is 11.6 Å². The number of nitrogens with one attached hydrogen (secondary N) is 1. The van der Waals surface area contributed by atoms with Gasteiger partial charge in [-0.3, -0.25) is 10.7 Å². The highest BCUT2D eigenvalue weighted by Crippen LogP contribution is 2.32. The number of aryl methyl sites for hydroxylation is 1. The van der Waals surface area contributed by atoms with Gasteiger partial charge in [-0.2, -0.15) is 0 Å². The van der Waals surface area contributed by atoms with Crippen LogP contribution in [0.3, 0.4) is 0 Å². The highest BCUT2D eigenvalue weighted by Gasteiger charge is 2.06. The lowest BCUT2D eigenvalue weighted by molar-refractivity contribution is 0.389. The summed E-state index contributed by atoms with van der Waals surface area (Å²) >= 11 is 6.36. The third kappa shape index (κ3) is 2.36. The SMILES string of the molecule is Cc1cc(NO)cc(-c2cc(Cl)c3ccccc3c2)c1. The molecule has 0 aliphatic rings. The normalized spacial score (nSPS) is 10.8. The molecule has 0 aromatic heterocycles. The first-order valence-corrected chi connectivity index (χ1v) is 6.75. The molecule has 2 nitrogen and oxygen atoms in total. The highest BCUT2D eigenvalue weighted by molar-refractivity contribution is 6.35. The van der Waals surface area contributed by atoms with Crippen LogP contribution in [0.15, 0.2) is 54.6 Å². The predicted octanol–water partition coefficient (Wildman–Crippen LogP) is 5.27. The Morgan fingerprint density at radius 3 is 2.50 bits per heavy atom. The van der Waals surface area contributed by atoms with Crippen LogP contribution in [0.25, 0.3) is 21.9 Å². The molecule has 3 aromatic carbocycles. The fraction of sp³-hybridized carbons (Fsp3) is 0.0588. The van der Waals surface area contributed by atoms with E-state index in [4.69, 9.17) is 16.8 Å². The Morgan fingerprint density at radius 1 is 0.950 bits per heavy atom. The molecule has 3 aromatic rings. The number of hydrogen-bond acceptors (Lipinski definition) is 2. The van der Waals surface area contributed by atoms with Gasteiger partial charge in [-0.25, -0.2) is 0 Å². The summed E-state index contributed by atoms with van der Waals surface area (Å²) in [4.78, 5) is 0. The number of fused-ring (bicyclic) bond motifs is 1. The van der Waals surface area contributed by atoms with Crippen molar-refractivity contribution in [1.82, 2.24) is 0 Å². The van der Waals surface area contributed by atoms with Gasteiger partial charge in [0.15, 0.2) is 0 Å². The van der Waals surface area contributed by atoms with Gasteiger partial charge < -0.3 is 0 Å². The smallest absolute Gasteiger partial charge is 0.0610 e. The number of anilines is 1. The Kier molecular flexibility index (Phi) is 3.35. The first-order chi connectivity index (χ1) is 9.67. The molecule has 3 rings (SSSR count). The largest absolute Gasteiger partial charge is 0.291 e. The summed E-state index contributed by atoms with van der Waals surface area (Å²) in [5.74, 6) is 0. The van der Waals surface area contributed by atoms with Crippen LogP contribution in [-0.2, 0) is 0 Å². The van der Waals surface area contributed by atoms with Crippen molar-refractivity contribution in [3.63, 3.8) is 0 Å². The summed E-state index contributed by atoms with van der Waals surface area (Å²) in [5, 5.41) is 12.0. The van der Waals surface area contributed by atoms with Crippen LogP contribution in [0.2, 0.25) is 5.02 Å². The van der Waals surface area contributed by atoms with Crippen LogP contribution in [0.5, 0.6) is 0 Å². The van der Waals surface area contributed by atoms with Gasteiger partial charge in [0.05, 0.1) is 5.69 Å². The van der Waals surface area contributed by atoms with Crippen molar-refractivity contribution in [3.05, 3.63) is 65.2 Å². The average Bonchev–Trinajstić information content (AvgIpc) is 2.46. The summed E-state index contributed by atoms with van der Waals surface area (Å²) in [6.07, 6.45) is 0. The second-order valence-electron chi connectivity index (χ2n) is 4.88. The summed E-state index contributed by atoms with van der Waals surface area (Å²) in [5.41, 5.74) is 6.00. The van der Waals surface area contributed by atoms with Crippen LogP contribution in [0.4, 0.5) is 5.69 Å². The third-order valence-electron chi connectivity index (χ3n) is 3.35. The summed E-state index contributed by atoms with van der Waals surface area (Å²) in [6, 6.07) is 18.0. The summed E-state index contributed by atoms with van der Waals surface area (Å²) in [7, 11) is 0. The lowest BCUT2D eigenvalue weighted by atomic mass is 9.99. The van der Waals surface area contributed by atoms with E-state index in [2.05, 4.69) is 17.6 Å². The van der Waals surface area contributed by atoms with E-state index in [1.165, 1.54) is 0 Å². The Balaban J connectivity index is 2.22. The lowest BCUT2D eigenvalue weighted by Gasteiger charge is -2.09. The molecule has 0 atom stereocenters. The molecule has 0 aliphatic heterocycles. The zero-order valence-corrected chi connectivity index (χ0v) is 11.8. The fourth-order valence-electron chi connectivity index (χ4n) is 2.44. The molecule has 100 valence electrons. The Hall–Kier alpha value is -2.03. The molecule has 20 heavy (non-hydrogen) atoms. The first kappa shape index (κ1) is 13.0. The van der Waals surface area contributed by atoms with Crippen molar-refractivity contribution in [3.8, 4) is 11.1 Å². The molecule has 0 unspecified atom stereocenters. The zero-order chi connectivity index (χ0) is 14.1. The van der Waals surface area contributed by atoms with E-state index < -0.39 is 0 Å². The van der Waals surface area contributed by atoms with Gasteiger partial charge in [0.25, 0.3) is 0 Å². The minimum Gasteiger partial charge on any atom is -0.291 e. The molecule has 3 heteroatoms. The molecule has 0 fully saturated rings. The van der Waals surface area contributed by atoms with Gasteiger partial charge in [0.1, 0.15) is 0 Å². The minimum atomic E-state index is 0.671. The topological polar surface area (TPSA) is 32.3 Å². The maximum Gasteiger partial charge on any atom is 0.0610 e. The van der Waals surface area contributed by atoms with Crippen LogP contribution in [0.1, 0.15) is 5.56 Å². The number of halogens is 1. The Bertz CT molecular complexity index is 783. The molecule has 0 bridgehead atoms. The van der Waals surface area contributed by atoms with E-state index in [1.807, 2.05) is 49.4 Å². The van der Waals surface area contributed by atoms with Crippen molar-refractivity contribution in [2.24, 2.45) is 0 Å². The van der Waals surface area contributed by atoms with Crippen molar-refractivity contribution >= 4 is 28.1 Å². The van der Waals surface area contributed by atoms with E-state index in [9.17, 15) is 0 Å². The molecule has 0 saturated heterocycles. The molecule has 0 heterocycles. The lowest BCUT2D eigenvalue weighted by Crippen LogP contribution is -1.91. The van der Waals surface area contributed by atoms with Crippen LogP contribution < -0.4 is 5.48 Å². The molecule has 2 N–H and O–H groups in total. The summed E-state index contributed by atoms with van der Waals surface area (Å²) in [6.45, 7) is 1.99. The van der Waals surface area contributed by atoms with E-state index in [1.54, 1.807) is 0 Å². The number of rotatable bonds is 2. The van der Waals surface area contributed by atoms with Gasteiger partial charge in [0, 0.05) is 10.4 Å². The molecule has 0 saturated carbocycles. The first-order valence-electron chi connectivity index (χ1n) is 6.38. The fourth-order valence-corrected chi connectivity index (χ4v) is 2.73. The monoisotopic (exact) mass is 283 g/mol. The van der Waals surface area contributed by atoms with Gasteiger partial charge in [-0.1, -0.05) is 41.9 Å². The molecule has 0 amide bonds. The van der Waals surface area contributed by atoms with E-state index in [0.29, 0.717) is 5.69 Å². The second kappa shape index (κ2) is 5.16. The highest BCUT2D eigenvalue weighted by atomic mass is 35.5. The van der Waals surface area contributed by atoms with E-state index in [0.717, 1.165) is 32.5 Å². The second-order valence-corrected chi connectivity index (χ2v) is 5.29. The maximum atomic E-state index is 9.08. The predicted molar refractivity (Wildman–Crippen MR) is 84.5 cm³/mol. The van der Waals surface area contributed by atoms with Gasteiger partial charge in [-0.05, 0) is 53.3 Å². The van der Waals surface area contributed by atoms with Gasteiger partial charge in [0.2, 0.25) is 0 Å². The van der Waals surface area contributed by atoms with Gasteiger partial charge >= 0.3 is 0 Å². The van der Waals surface area contributed by atoms with Crippen molar-refractivity contribution in [1.29, 1.82) is 0 Å². The van der Waals surface area contributed by atoms with Crippen LogP contribution in [-0.4, -0.2) is 5.21 Å². The van der Waals surface area contributed by atoms with Crippen molar-refractivity contribution in [2.75, 3.05) is 5.48 Å². The number of benzene rings is 3. The standard InChI is InChI=1S/C17H14ClNO/c1-11-6-13(9-15(7-11)19-20)14-8-12-4-2-3-5-16(12)17(18)10-14/h2-10,19-20H,1H3. The summed E-state index contributed by atoms with van der Waals surface area (Å²) < 4.78 is 0. The maximum absolute atomic E-state index is 9.08. The quantitative estimate of drug-likeness (QED) is 0.628. The molecular weight excluding hydrogens is 270 g/mol. The molecular formula is C17H14ClNO. The van der Waals surface area contributed by atoms with Crippen LogP contribution in [0, 0.1) is 6.92 Å². The molecule has 0 spiro atoms.